The lowest BCUT2D eigenvalue weighted by molar-refractivity contribution is -0.166. The van der Waals surface area contributed by atoms with Crippen LogP contribution in [0.1, 0.15) is 27.6 Å². The molecular weight excluding hydrogens is 512 g/mol. The molecule has 0 aliphatic rings. The highest BCUT2D eigenvalue weighted by atomic mass is 16.7. The van der Waals surface area contributed by atoms with E-state index in [9.17, 15) is 9.59 Å². The molecule has 1 unspecified atom stereocenters. The fraction of sp³-hybridized carbons (Fsp3) is 0.250. The summed E-state index contributed by atoms with van der Waals surface area (Å²) in [6.07, 6.45) is 16.2. The zero-order chi connectivity index (χ0) is 29.5. The summed E-state index contributed by atoms with van der Waals surface area (Å²) in [5.41, 5.74) is 2.83. The Labute approximate surface area is 234 Å². The molecule has 12 heteroatoms. The molecule has 0 N–H and O–H groups in total. The first kappa shape index (κ1) is 31.6. The number of hydrogen-bond acceptors (Lipinski definition) is 10. The highest BCUT2D eigenvalue weighted by molar-refractivity contribution is 6.04. The zero-order valence-electron chi connectivity index (χ0n) is 23.6. The van der Waals surface area contributed by atoms with Gasteiger partial charge in [-0.05, 0) is 45.3 Å². The van der Waals surface area contributed by atoms with Crippen molar-refractivity contribution >= 4 is 11.6 Å². The van der Waals surface area contributed by atoms with Crippen molar-refractivity contribution in [1.82, 2.24) is 39.3 Å². The summed E-state index contributed by atoms with van der Waals surface area (Å²) in [5.74, 6) is -0.0565. The van der Waals surface area contributed by atoms with Crippen LogP contribution in [-0.4, -0.2) is 92.6 Å². The van der Waals surface area contributed by atoms with Crippen LogP contribution in [-0.2, 0) is 9.47 Å². The van der Waals surface area contributed by atoms with E-state index in [0.29, 0.717) is 11.1 Å². The molecule has 0 aliphatic carbocycles. The molecule has 0 amide bonds. The van der Waals surface area contributed by atoms with Gasteiger partial charge in [0.15, 0.2) is 11.6 Å². The Morgan fingerprint density at radius 2 is 1.43 bits per heavy atom. The average Bonchev–Trinajstić information content (AvgIpc) is 3.65. The van der Waals surface area contributed by atoms with Gasteiger partial charge in [0, 0.05) is 58.3 Å². The lowest BCUT2D eigenvalue weighted by Crippen LogP contribution is -2.30. The number of carbonyl (C=O) groups is 2. The van der Waals surface area contributed by atoms with Crippen molar-refractivity contribution in [2.75, 3.05) is 35.3 Å². The number of pyridine rings is 2. The Hall–Kier alpha value is -4.65. The maximum absolute atomic E-state index is 11.8. The van der Waals surface area contributed by atoms with E-state index in [1.807, 2.05) is 57.4 Å². The van der Waals surface area contributed by atoms with Crippen LogP contribution in [0.15, 0.2) is 86.1 Å². The minimum Gasteiger partial charge on any atom is -0.383 e. The van der Waals surface area contributed by atoms with Gasteiger partial charge in [-0.2, -0.15) is 14.9 Å². The Morgan fingerprint density at radius 3 is 1.77 bits per heavy atom. The number of carbonyl (C=O) groups excluding carboxylic acids is 2. The predicted octanol–water partition coefficient (Wildman–Crippen LogP) is 3.28. The molecule has 0 saturated carbocycles. The van der Waals surface area contributed by atoms with Crippen LogP contribution in [0.25, 0.3) is 11.4 Å². The zero-order valence-corrected chi connectivity index (χ0v) is 23.6. The lowest BCUT2D eigenvalue weighted by Gasteiger charge is -2.15. The SMILES string of the molecule is CC(=O)c1cnn(-c2cccnc2)c1.CN(C)/C=C/C(=O)c1cnn(-c2cccnc2)c1.[CH2+]OC(OC)N(C)C. The molecule has 0 fully saturated rings. The minimum absolute atomic E-state index is 0.0140. The standard InChI is InChI=1S/C13H14N4O.C10H9N3O.C5H12NO2/c1-16(2)7-5-13(18)11-8-15-17(10-11)12-4-3-6-14-9-12;1-8(14)9-5-12-13(7-9)10-3-2-4-11-6-10;1-6(2)5(7-3)8-4/h3-10H,1-2H3;2-7H,1H3;5H,3H2,1-2,4H3/q;;+1/b7-5+;;. The van der Waals surface area contributed by atoms with Crippen molar-refractivity contribution in [1.29, 1.82) is 0 Å². The Bertz CT molecular complexity index is 1330. The van der Waals surface area contributed by atoms with Crippen LogP contribution in [0.5, 0.6) is 0 Å². The van der Waals surface area contributed by atoms with Gasteiger partial charge in [-0.1, -0.05) is 0 Å². The Morgan fingerprint density at radius 1 is 0.900 bits per heavy atom. The normalized spacial score (nSPS) is 11.3. The lowest BCUT2D eigenvalue weighted by atomic mass is 10.2. The topological polar surface area (TPSA) is 120 Å². The molecule has 4 heterocycles. The molecule has 40 heavy (non-hydrogen) atoms. The van der Waals surface area contributed by atoms with E-state index in [1.165, 1.54) is 13.0 Å². The summed E-state index contributed by atoms with van der Waals surface area (Å²) in [5, 5.41) is 8.21. The van der Waals surface area contributed by atoms with Gasteiger partial charge in [0.25, 0.3) is 6.41 Å². The van der Waals surface area contributed by atoms with Crippen LogP contribution in [0, 0.1) is 7.11 Å². The molecule has 0 aliphatic heterocycles. The summed E-state index contributed by atoms with van der Waals surface area (Å²) >= 11 is 0. The first-order valence-corrected chi connectivity index (χ1v) is 12.1. The van der Waals surface area contributed by atoms with Crippen molar-refractivity contribution in [3.63, 3.8) is 0 Å². The summed E-state index contributed by atoms with van der Waals surface area (Å²) in [4.78, 5) is 34.4. The van der Waals surface area contributed by atoms with Crippen molar-refractivity contribution in [3.8, 4) is 11.4 Å². The maximum atomic E-state index is 11.8. The molecule has 4 rings (SSSR count). The third-order valence-corrected chi connectivity index (χ3v) is 4.97. The molecule has 12 nitrogen and oxygen atoms in total. The van der Waals surface area contributed by atoms with Crippen molar-refractivity contribution in [3.05, 3.63) is 104 Å². The van der Waals surface area contributed by atoms with E-state index < -0.39 is 0 Å². The molecule has 0 bridgehead atoms. The van der Waals surface area contributed by atoms with E-state index in [-0.39, 0.29) is 18.0 Å². The number of nitrogens with zero attached hydrogens (tertiary/aromatic N) is 8. The van der Waals surface area contributed by atoms with E-state index in [2.05, 4.69) is 32.0 Å². The molecule has 4 aromatic rings. The first-order valence-electron chi connectivity index (χ1n) is 12.1. The van der Waals surface area contributed by atoms with Gasteiger partial charge in [-0.15, -0.1) is 0 Å². The molecule has 0 radical (unpaired) electrons. The number of Topliss-reactive ketones (excluding diaryl/α,β-unsaturated/α-hetero) is 1. The maximum Gasteiger partial charge on any atom is 0.265 e. The molecular formula is C28H35N8O4+. The Balaban J connectivity index is 0.000000227. The van der Waals surface area contributed by atoms with Crippen molar-refractivity contribution in [2.24, 2.45) is 0 Å². The monoisotopic (exact) mass is 547 g/mol. The third-order valence-electron chi connectivity index (χ3n) is 4.97. The molecule has 0 spiro atoms. The third kappa shape index (κ3) is 10.3. The largest absolute Gasteiger partial charge is 0.383 e. The summed E-state index contributed by atoms with van der Waals surface area (Å²) in [6, 6.07) is 7.41. The van der Waals surface area contributed by atoms with Crippen LogP contribution in [0.3, 0.4) is 0 Å². The van der Waals surface area contributed by atoms with E-state index in [4.69, 9.17) is 4.74 Å². The van der Waals surface area contributed by atoms with Gasteiger partial charge in [0.2, 0.25) is 7.11 Å². The summed E-state index contributed by atoms with van der Waals surface area (Å²) < 4.78 is 12.7. The second-order valence-electron chi connectivity index (χ2n) is 8.64. The number of rotatable bonds is 9. The number of aromatic nitrogens is 6. The van der Waals surface area contributed by atoms with Crippen molar-refractivity contribution < 1.29 is 19.1 Å². The number of methoxy groups -OCH3 is 1. The van der Waals surface area contributed by atoms with Crippen LogP contribution < -0.4 is 0 Å². The van der Waals surface area contributed by atoms with Crippen LogP contribution >= 0.6 is 0 Å². The second kappa shape index (κ2) is 16.3. The second-order valence-corrected chi connectivity index (χ2v) is 8.64. The van der Waals surface area contributed by atoms with Crippen molar-refractivity contribution in [2.45, 2.75) is 13.3 Å². The van der Waals surface area contributed by atoms with Gasteiger partial charge in [0.05, 0.1) is 47.3 Å². The summed E-state index contributed by atoms with van der Waals surface area (Å²) in [6.45, 7) is 1.52. The van der Waals surface area contributed by atoms with Gasteiger partial charge in [-0.25, -0.2) is 9.36 Å². The highest BCUT2D eigenvalue weighted by Gasteiger charge is 2.10. The fourth-order valence-corrected chi connectivity index (χ4v) is 2.96. The number of ketones is 2. The van der Waals surface area contributed by atoms with Gasteiger partial charge < -0.3 is 9.64 Å². The fourth-order valence-electron chi connectivity index (χ4n) is 2.96. The molecule has 0 saturated heterocycles. The van der Waals surface area contributed by atoms with E-state index in [1.54, 1.807) is 77.1 Å². The van der Waals surface area contributed by atoms with Gasteiger partial charge in [0.1, 0.15) is 0 Å². The summed E-state index contributed by atoms with van der Waals surface area (Å²) in [7, 11) is 12.2. The molecule has 210 valence electrons. The highest BCUT2D eigenvalue weighted by Crippen LogP contribution is 2.08. The predicted molar refractivity (Wildman–Crippen MR) is 151 cm³/mol. The Kier molecular flexibility index (Phi) is 12.9. The van der Waals surface area contributed by atoms with E-state index in [0.717, 1.165) is 11.4 Å². The smallest absolute Gasteiger partial charge is 0.265 e. The first-order chi connectivity index (χ1) is 19.2. The van der Waals surface area contributed by atoms with E-state index >= 15 is 0 Å². The molecule has 1 atom stereocenters. The average molecular weight is 548 g/mol. The van der Waals surface area contributed by atoms with Gasteiger partial charge in [-0.3, -0.25) is 24.5 Å². The van der Waals surface area contributed by atoms with Gasteiger partial charge >= 0.3 is 0 Å². The molecule has 0 aromatic carbocycles. The number of allylic oxidation sites excluding steroid dienone is 1. The number of ether oxygens (including phenoxy) is 2. The minimum atomic E-state index is -0.324. The van der Waals surface area contributed by atoms with Crippen LogP contribution in [0.4, 0.5) is 0 Å². The van der Waals surface area contributed by atoms with Crippen LogP contribution in [0.2, 0.25) is 0 Å². The number of hydrogen-bond donors (Lipinski definition) is 0. The quantitative estimate of drug-likeness (QED) is 0.134. The molecule has 4 aromatic heterocycles.